The molecule has 0 spiro atoms. The van der Waals surface area contributed by atoms with Crippen LogP contribution in [0.4, 0.5) is 34.3 Å². The molecular weight excluding hydrogens is 462 g/mol. The van der Waals surface area contributed by atoms with E-state index in [0.29, 0.717) is 11.4 Å². The van der Waals surface area contributed by atoms with Gasteiger partial charge in [-0.3, -0.25) is 14.8 Å². The van der Waals surface area contributed by atoms with Crippen LogP contribution in [0.15, 0.2) is 91.4 Å². The van der Waals surface area contributed by atoms with Gasteiger partial charge >= 0.3 is 0 Å². The summed E-state index contributed by atoms with van der Waals surface area (Å²) < 4.78 is 0. The molecule has 0 bridgehead atoms. The predicted octanol–water partition coefficient (Wildman–Crippen LogP) is 6.14. The predicted molar refractivity (Wildman–Crippen MR) is 150 cm³/mol. The lowest BCUT2D eigenvalue weighted by atomic mass is 10.1. The molecule has 0 aliphatic heterocycles. The number of hydrogen-bond acceptors (Lipinski definition) is 7. The summed E-state index contributed by atoms with van der Waals surface area (Å²) in [5, 5.41) is 10.6. The largest absolute Gasteiger partial charge is 0.378 e. The van der Waals surface area contributed by atoms with Crippen LogP contribution < -0.4 is 20.9 Å². The van der Waals surface area contributed by atoms with Crippen molar-refractivity contribution >= 4 is 51.1 Å². The molecule has 0 saturated heterocycles. The summed E-state index contributed by atoms with van der Waals surface area (Å²) in [5.74, 6) is 0.248. The number of pyridine rings is 3. The van der Waals surface area contributed by atoms with Crippen LogP contribution in [0.25, 0.3) is 10.9 Å². The van der Waals surface area contributed by atoms with Gasteiger partial charge in [-0.1, -0.05) is 0 Å². The van der Waals surface area contributed by atoms with E-state index in [9.17, 15) is 4.79 Å². The standard InChI is InChI=1S/C29H27N7O/c1-19-16-22(12-14-30-19)33-23-8-11-28(32-18-23)35-29(37)20-4-6-21(7-5-20)34-27-13-15-31-26-10-9-24(36(2)3)17-25(26)27/h4-18H,1-3H3,(H,30,33)(H,31,34)(H,32,35,37). The van der Waals surface area contributed by atoms with E-state index < -0.39 is 0 Å². The highest BCUT2D eigenvalue weighted by molar-refractivity contribution is 6.04. The van der Waals surface area contributed by atoms with Crippen molar-refractivity contribution in [1.29, 1.82) is 0 Å². The number of carbonyl (C=O) groups excluding carboxylic acids is 1. The Morgan fingerprint density at radius 2 is 1.54 bits per heavy atom. The molecule has 0 unspecified atom stereocenters. The molecule has 0 saturated carbocycles. The van der Waals surface area contributed by atoms with Gasteiger partial charge in [-0.05, 0) is 79.7 Å². The van der Waals surface area contributed by atoms with Crippen LogP contribution in [0.2, 0.25) is 0 Å². The number of hydrogen-bond donors (Lipinski definition) is 3. The van der Waals surface area contributed by atoms with E-state index >= 15 is 0 Å². The van der Waals surface area contributed by atoms with Gasteiger partial charge in [0.25, 0.3) is 5.91 Å². The fourth-order valence-corrected chi connectivity index (χ4v) is 3.90. The fraction of sp³-hybridized carbons (Fsp3) is 0.103. The maximum Gasteiger partial charge on any atom is 0.256 e. The van der Waals surface area contributed by atoms with Crippen molar-refractivity contribution in [3.63, 3.8) is 0 Å². The highest BCUT2D eigenvalue weighted by Gasteiger charge is 2.09. The third-order valence-electron chi connectivity index (χ3n) is 5.86. The summed E-state index contributed by atoms with van der Waals surface area (Å²) in [7, 11) is 4.02. The molecule has 3 heterocycles. The summed E-state index contributed by atoms with van der Waals surface area (Å²) in [5.41, 5.74) is 7.05. The number of aromatic nitrogens is 3. The molecule has 8 heteroatoms. The number of nitrogens with zero attached hydrogens (tertiary/aromatic N) is 4. The van der Waals surface area contributed by atoms with Crippen molar-refractivity contribution in [2.24, 2.45) is 0 Å². The molecule has 0 atom stereocenters. The molecule has 37 heavy (non-hydrogen) atoms. The van der Waals surface area contributed by atoms with Gasteiger partial charge in [0.1, 0.15) is 5.82 Å². The highest BCUT2D eigenvalue weighted by atomic mass is 16.1. The Kier molecular flexibility index (Phi) is 6.63. The van der Waals surface area contributed by atoms with Crippen LogP contribution in [0.3, 0.4) is 0 Å². The first kappa shape index (κ1) is 23.7. The lowest BCUT2D eigenvalue weighted by Gasteiger charge is -2.15. The number of benzene rings is 2. The molecule has 5 aromatic rings. The zero-order valence-corrected chi connectivity index (χ0v) is 20.9. The number of fused-ring (bicyclic) bond motifs is 1. The molecule has 3 aromatic heterocycles. The Morgan fingerprint density at radius 1 is 0.757 bits per heavy atom. The van der Waals surface area contributed by atoms with Gasteiger partial charge in [0, 0.05) is 65.9 Å². The van der Waals surface area contributed by atoms with Gasteiger partial charge in [-0.15, -0.1) is 0 Å². The van der Waals surface area contributed by atoms with Crippen LogP contribution in [-0.2, 0) is 0 Å². The Bertz CT molecular complexity index is 1550. The second-order valence-electron chi connectivity index (χ2n) is 8.85. The number of nitrogens with one attached hydrogen (secondary N) is 3. The van der Waals surface area contributed by atoms with E-state index in [4.69, 9.17) is 0 Å². The second-order valence-corrected chi connectivity index (χ2v) is 8.85. The van der Waals surface area contributed by atoms with Gasteiger partial charge in [0.2, 0.25) is 0 Å². The van der Waals surface area contributed by atoms with Crippen LogP contribution >= 0.6 is 0 Å². The van der Waals surface area contributed by atoms with Crippen LogP contribution in [0, 0.1) is 6.92 Å². The normalized spacial score (nSPS) is 10.7. The van der Waals surface area contributed by atoms with Gasteiger partial charge in [0.05, 0.1) is 17.4 Å². The number of amides is 1. The Hall–Kier alpha value is -4.98. The van der Waals surface area contributed by atoms with Crippen molar-refractivity contribution in [2.75, 3.05) is 34.9 Å². The zero-order chi connectivity index (χ0) is 25.8. The van der Waals surface area contributed by atoms with E-state index in [-0.39, 0.29) is 5.91 Å². The monoisotopic (exact) mass is 489 g/mol. The van der Waals surface area contributed by atoms with Crippen LogP contribution in [0.1, 0.15) is 16.1 Å². The molecule has 3 N–H and O–H groups in total. The van der Waals surface area contributed by atoms with Crippen LogP contribution in [0.5, 0.6) is 0 Å². The average Bonchev–Trinajstić information content (AvgIpc) is 2.90. The minimum atomic E-state index is -0.227. The van der Waals surface area contributed by atoms with E-state index in [1.807, 2.05) is 69.6 Å². The molecule has 1 amide bonds. The molecule has 0 aliphatic carbocycles. The number of aryl methyl sites for hydroxylation is 1. The van der Waals surface area contributed by atoms with E-state index in [0.717, 1.165) is 45.0 Å². The van der Waals surface area contributed by atoms with E-state index in [1.54, 1.807) is 36.8 Å². The summed E-state index contributed by atoms with van der Waals surface area (Å²) >= 11 is 0. The first-order valence-corrected chi connectivity index (χ1v) is 11.8. The molecule has 8 nitrogen and oxygen atoms in total. The van der Waals surface area contributed by atoms with Gasteiger partial charge in [-0.2, -0.15) is 0 Å². The lowest BCUT2D eigenvalue weighted by molar-refractivity contribution is 0.102. The third-order valence-corrected chi connectivity index (χ3v) is 5.86. The van der Waals surface area contributed by atoms with Gasteiger partial charge in [-0.25, -0.2) is 4.98 Å². The molecule has 2 aromatic carbocycles. The first-order valence-electron chi connectivity index (χ1n) is 11.8. The second kappa shape index (κ2) is 10.3. The number of anilines is 6. The third kappa shape index (κ3) is 5.65. The van der Waals surface area contributed by atoms with Gasteiger partial charge in [0.15, 0.2) is 0 Å². The molecule has 184 valence electrons. The fourth-order valence-electron chi connectivity index (χ4n) is 3.90. The van der Waals surface area contributed by atoms with Gasteiger partial charge < -0.3 is 20.9 Å². The van der Waals surface area contributed by atoms with Crippen molar-refractivity contribution in [2.45, 2.75) is 6.92 Å². The Labute approximate surface area is 215 Å². The van der Waals surface area contributed by atoms with Crippen molar-refractivity contribution in [3.05, 3.63) is 103 Å². The minimum absolute atomic E-state index is 0.227. The maximum atomic E-state index is 12.8. The van der Waals surface area contributed by atoms with Crippen molar-refractivity contribution in [3.8, 4) is 0 Å². The average molecular weight is 490 g/mol. The SMILES string of the molecule is Cc1cc(Nc2ccc(NC(=O)c3ccc(Nc4ccnc5ccc(N(C)C)cc45)cc3)nc2)ccn1. The minimum Gasteiger partial charge on any atom is -0.378 e. The van der Waals surface area contributed by atoms with Crippen molar-refractivity contribution in [1.82, 2.24) is 15.0 Å². The van der Waals surface area contributed by atoms with Crippen molar-refractivity contribution < 1.29 is 4.79 Å². The summed E-state index contributed by atoms with van der Waals surface area (Å²) in [6.07, 6.45) is 5.22. The summed E-state index contributed by atoms with van der Waals surface area (Å²) in [6.45, 7) is 1.94. The highest BCUT2D eigenvalue weighted by Crippen LogP contribution is 2.28. The molecule has 0 radical (unpaired) electrons. The molecule has 0 aliphatic rings. The van der Waals surface area contributed by atoms with E-state index in [1.165, 1.54) is 0 Å². The van der Waals surface area contributed by atoms with Crippen LogP contribution in [-0.4, -0.2) is 35.0 Å². The quantitative estimate of drug-likeness (QED) is 0.253. The Morgan fingerprint density at radius 3 is 2.27 bits per heavy atom. The van der Waals surface area contributed by atoms with E-state index in [2.05, 4.69) is 41.9 Å². The topological polar surface area (TPSA) is 95.1 Å². The lowest BCUT2D eigenvalue weighted by Crippen LogP contribution is -2.12. The molecule has 5 rings (SSSR count). The zero-order valence-electron chi connectivity index (χ0n) is 20.9. The Balaban J connectivity index is 1.24. The summed E-state index contributed by atoms with van der Waals surface area (Å²) in [4.78, 5) is 27.8. The molecular formula is C29H27N7O. The maximum absolute atomic E-state index is 12.8. The number of rotatable bonds is 7. The summed E-state index contributed by atoms with van der Waals surface area (Å²) in [6, 6.07) is 22.9. The molecule has 0 fully saturated rings. The number of carbonyl (C=O) groups is 1. The smallest absolute Gasteiger partial charge is 0.256 e. The first-order chi connectivity index (χ1) is 17.9.